The van der Waals surface area contributed by atoms with Crippen LogP contribution in [0, 0.1) is 0 Å². The lowest BCUT2D eigenvalue weighted by molar-refractivity contribution is 0.130. The first kappa shape index (κ1) is 11.4. The molecule has 2 rings (SSSR count). The molecule has 3 heteroatoms. The van der Waals surface area contributed by atoms with Crippen LogP contribution >= 0.6 is 0 Å². The number of aromatic hydroxyl groups is 1. The predicted octanol–water partition coefficient (Wildman–Crippen LogP) is 1.91. The van der Waals surface area contributed by atoms with Crippen molar-refractivity contribution < 1.29 is 10.2 Å². The van der Waals surface area contributed by atoms with Gasteiger partial charge in [0.15, 0.2) is 0 Å². The van der Waals surface area contributed by atoms with Gasteiger partial charge in [-0.05, 0) is 50.6 Å². The van der Waals surface area contributed by atoms with Gasteiger partial charge >= 0.3 is 0 Å². The van der Waals surface area contributed by atoms with Crippen LogP contribution in [0.25, 0.3) is 0 Å². The van der Waals surface area contributed by atoms with E-state index in [4.69, 9.17) is 0 Å². The average Bonchev–Trinajstić information content (AvgIpc) is 2.64. The van der Waals surface area contributed by atoms with E-state index in [-0.39, 0.29) is 5.75 Å². The third-order valence-electron chi connectivity index (χ3n) is 3.42. The highest BCUT2D eigenvalue weighted by molar-refractivity contribution is 5.28. The Bertz CT molecular complexity index is 354. The zero-order valence-corrected chi connectivity index (χ0v) is 9.63. The fourth-order valence-corrected chi connectivity index (χ4v) is 2.40. The molecule has 1 fully saturated rings. The van der Waals surface area contributed by atoms with E-state index in [1.54, 1.807) is 18.2 Å². The minimum Gasteiger partial charge on any atom is -0.508 e. The smallest absolute Gasteiger partial charge is 0.115 e. The van der Waals surface area contributed by atoms with Gasteiger partial charge < -0.3 is 15.1 Å². The molecule has 0 aliphatic carbocycles. The van der Waals surface area contributed by atoms with Crippen LogP contribution in [0.15, 0.2) is 24.3 Å². The standard InChI is InChI=1S/C13H19NO2/c1-14-7-3-5-11(14)9-13(16)10-4-2-6-12(15)8-10/h2,4,6,8,11,13,15-16H,3,5,7,9H2,1H3. The van der Waals surface area contributed by atoms with Gasteiger partial charge in [-0.2, -0.15) is 0 Å². The van der Waals surface area contributed by atoms with Gasteiger partial charge in [0.05, 0.1) is 6.10 Å². The van der Waals surface area contributed by atoms with E-state index in [0.29, 0.717) is 6.04 Å². The second kappa shape index (κ2) is 4.85. The van der Waals surface area contributed by atoms with Gasteiger partial charge in [0.2, 0.25) is 0 Å². The number of phenols is 1. The van der Waals surface area contributed by atoms with Crippen LogP contribution in [0.5, 0.6) is 5.75 Å². The Morgan fingerprint density at radius 1 is 1.50 bits per heavy atom. The van der Waals surface area contributed by atoms with Crippen LogP contribution in [-0.4, -0.2) is 34.7 Å². The number of likely N-dealkylation sites (tertiary alicyclic amines) is 1. The average molecular weight is 221 g/mol. The minimum atomic E-state index is -0.474. The molecule has 88 valence electrons. The van der Waals surface area contributed by atoms with Crippen LogP contribution < -0.4 is 0 Å². The van der Waals surface area contributed by atoms with Crippen molar-refractivity contribution in [3.8, 4) is 5.75 Å². The summed E-state index contributed by atoms with van der Waals surface area (Å²) in [6, 6.07) is 7.36. The van der Waals surface area contributed by atoms with E-state index < -0.39 is 6.10 Å². The first-order valence-electron chi connectivity index (χ1n) is 5.84. The van der Waals surface area contributed by atoms with E-state index in [0.717, 1.165) is 24.9 Å². The summed E-state index contributed by atoms with van der Waals surface area (Å²) in [5.41, 5.74) is 0.806. The van der Waals surface area contributed by atoms with Gasteiger partial charge in [-0.1, -0.05) is 12.1 Å². The molecule has 0 bridgehead atoms. The Balaban J connectivity index is 1.99. The van der Waals surface area contributed by atoms with Crippen LogP contribution in [0.2, 0.25) is 0 Å². The molecule has 0 amide bonds. The molecule has 3 nitrogen and oxygen atoms in total. The number of phenolic OH excluding ortho intramolecular Hbond substituents is 1. The Morgan fingerprint density at radius 2 is 2.31 bits per heavy atom. The first-order valence-corrected chi connectivity index (χ1v) is 5.84. The Morgan fingerprint density at radius 3 is 2.94 bits per heavy atom. The molecule has 0 aromatic heterocycles. The summed E-state index contributed by atoms with van der Waals surface area (Å²) < 4.78 is 0. The summed E-state index contributed by atoms with van der Waals surface area (Å²) in [7, 11) is 2.10. The molecule has 0 spiro atoms. The molecule has 2 N–H and O–H groups in total. The maximum atomic E-state index is 10.1. The molecule has 1 saturated heterocycles. The van der Waals surface area contributed by atoms with Crippen molar-refractivity contribution >= 4 is 0 Å². The molecular formula is C13H19NO2. The second-order valence-electron chi connectivity index (χ2n) is 4.62. The monoisotopic (exact) mass is 221 g/mol. The zero-order valence-electron chi connectivity index (χ0n) is 9.63. The lowest BCUT2D eigenvalue weighted by Gasteiger charge is -2.22. The SMILES string of the molecule is CN1CCCC1CC(O)c1cccc(O)c1. The van der Waals surface area contributed by atoms with E-state index in [2.05, 4.69) is 11.9 Å². The Labute approximate surface area is 96.3 Å². The predicted molar refractivity (Wildman–Crippen MR) is 63.3 cm³/mol. The number of rotatable bonds is 3. The summed E-state index contributed by atoms with van der Waals surface area (Å²) in [6.07, 6.45) is 2.65. The van der Waals surface area contributed by atoms with Crippen molar-refractivity contribution in [1.82, 2.24) is 4.90 Å². The van der Waals surface area contributed by atoms with Crippen LogP contribution in [0.3, 0.4) is 0 Å². The fraction of sp³-hybridized carbons (Fsp3) is 0.538. The molecule has 16 heavy (non-hydrogen) atoms. The van der Waals surface area contributed by atoms with Crippen molar-refractivity contribution in [2.45, 2.75) is 31.4 Å². The quantitative estimate of drug-likeness (QED) is 0.819. The molecule has 1 aromatic carbocycles. The van der Waals surface area contributed by atoms with E-state index in [1.807, 2.05) is 6.07 Å². The van der Waals surface area contributed by atoms with Crippen LogP contribution in [0.1, 0.15) is 30.9 Å². The molecular weight excluding hydrogens is 202 g/mol. The van der Waals surface area contributed by atoms with Gasteiger partial charge in [0, 0.05) is 6.04 Å². The third kappa shape index (κ3) is 2.54. The lowest BCUT2D eigenvalue weighted by Crippen LogP contribution is -2.26. The van der Waals surface area contributed by atoms with Gasteiger partial charge in [-0.15, -0.1) is 0 Å². The maximum Gasteiger partial charge on any atom is 0.115 e. The van der Waals surface area contributed by atoms with Gasteiger partial charge in [-0.25, -0.2) is 0 Å². The van der Waals surface area contributed by atoms with Gasteiger partial charge in [0.1, 0.15) is 5.75 Å². The molecule has 1 aliphatic heterocycles. The second-order valence-corrected chi connectivity index (χ2v) is 4.62. The summed E-state index contributed by atoms with van der Waals surface area (Å²) >= 11 is 0. The molecule has 0 saturated carbocycles. The van der Waals surface area contributed by atoms with Gasteiger partial charge in [0.25, 0.3) is 0 Å². The van der Waals surface area contributed by atoms with Crippen LogP contribution in [0.4, 0.5) is 0 Å². The maximum absolute atomic E-state index is 10.1. The van der Waals surface area contributed by atoms with Crippen molar-refractivity contribution in [2.24, 2.45) is 0 Å². The van der Waals surface area contributed by atoms with Crippen molar-refractivity contribution in [1.29, 1.82) is 0 Å². The molecule has 1 aromatic rings. The van der Waals surface area contributed by atoms with E-state index in [1.165, 1.54) is 6.42 Å². The topological polar surface area (TPSA) is 43.7 Å². The summed E-state index contributed by atoms with van der Waals surface area (Å²) in [4.78, 5) is 2.30. The number of benzene rings is 1. The Kier molecular flexibility index (Phi) is 3.46. The zero-order chi connectivity index (χ0) is 11.5. The normalized spacial score (nSPS) is 23.5. The van der Waals surface area contributed by atoms with E-state index >= 15 is 0 Å². The minimum absolute atomic E-state index is 0.219. The van der Waals surface area contributed by atoms with E-state index in [9.17, 15) is 10.2 Å². The van der Waals surface area contributed by atoms with Gasteiger partial charge in [-0.3, -0.25) is 0 Å². The number of nitrogens with zero attached hydrogens (tertiary/aromatic N) is 1. The highest BCUT2D eigenvalue weighted by atomic mass is 16.3. The summed E-state index contributed by atoms with van der Waals surface area (Å²) in [5, 5.41) is 19.4. The number of hydrogen-bond acceptors (Lipinski definition) is 3. The number of hydrogen-bond donors (Lipinski definition) is 2. The molecule has 1 heterocycles. The highest BCUT2D eigenvalue weighted by Crippen LogP contribution is 2.27. The van der Waals surface area contributed by atoms with Crippen LogP contribution in [-0.2, 0) is 0 Å². The van der Waals surface area contributed by atoms with Crippen molar-refractivity contribution in [3.05, 3.63) is 29.8 Å². The molecule has 0 radical (unpaired) electrons. The largest absolute Gasteiger partial charge is 0.508 e. The third-order valence-corrected chi connectivity index (χ3v) is 3.42. The fourth-order valence-electron chi connectivity index (χ4n) is 2.40. The number of aliphatic hydroxyl groups excluding tert-OH is 1. The Hall–Kier alpha value is -1.06. The lowest BCUT2D eigenvalue weighted by atomic mass is 10.0. The molecule has 2 unspecified atom stereocenters. The van der Waals surface area contributed by atoms with Crippen molar-refractivity contribution in [2.75, 3.05) is 13.6 Å². The summed E-state index contributed by atoms with van der Waals surface area (Å²) in [6.45, 7) is 1.12. The first-order chi connectivity index (χ1) is 7.66. The number of aliphatic hydroxyl groups is 1. The van der Waals surface area contributed by atoms with Crippen molar-refractivity contribution in [3.63, 3.8) is 0 Å². The summed E-state index contributed by atoms with van der Waals surface area (Å²) in [5.74, 6) is 0.219. The highest BCUT2D eigenvalue weighted by Gasteiger charge is 2.24. The molecule has 1 aliphatic rings. The molecule has 2 atom stereocenters.